The van der Waals surface area contributed by atoms with E-state index in [1.54, 1.807) is 0 Å². The molecule has 2 N–H and O–H groups in total. The Balaban J connectivity index is 2.33. The van der Waals surface area contributed by atoms with Crippen molar-refractivity contribution in [2.75, 3.05) is 18.1 Å². The molecule has 3 nitrogen and oxygen atoms in total. The second-order valence-electron chi connectivity index (χ2n) is 5.81. The molecular formula is C16H25BrN2O. The van der Waals surface area contributed by atoms with Gasteiger partial charge in [-0.05, 0) is 50.5 Å². The van der Waals surface area contributed by atoms with E-state index in [-0.39, 0.29) is 12.1 Å². The Kier molecular flexibility index (Phi) is 5.47. The van der Waals surface area contributed by atoms with Crippen molar-refractivity contribution in [3.8, 4) is 0 Å². The summed E-state index contributed by atoms with van der Waals surface area (Å²) in [5.41, 5.74) is 8.64. The molecule has 0 bridgehead atoms. The van der Waals surface area contributed by atoms with Crippen LogP contribution < -0.4 is 10.6 Å². The lowest BCUT2D eigenvalue weighted by Gasteiger charge is -2.41. The van der Waals surface area contributed by atoms with Gasteiger partial charge in [0.2, 0.25) is 0 Å². The zero-order valence-electron chi connectivity index (χ0n) is 12.6. The summed E-state index contributed by atoms with van der Waals surface area (Å²) in [6.45, 7) is 8.19. The van der Waals surface area contributed by atoms with Crippen LogP contribution in [0.4, 0.5) is 5.69 Å². The van der Waals surface area contributed by atoms with Gasteiger partial charge in [0.25, 0.3) is 0 Å². The number of morpholine rings is 1. The SMILES string of the molecule is CCC1COC(C)CN1c1ccc(Br)cc1CC(C)N. The molecule has 1 aliphatic heterocycles. The molecule has 1 heterocycles. The summed E-state index contributed by atoms with van der Waals surface area (Å²) >= 11 is 3.57. The van der Waals surface area contributed by atoms with Crippen LogP contribution >= 0.6 is 15.9 Å². The number of benzene rings is 1. The molecular weight excluding hydrogens is 316 g/mol. The smallest absolute Gasteiger partial charge is 0.0723 e. The van der Waals surface area contributed by atoms with Crippen molar-refractivity contribution in [2.45, 2.75) is 51.8 Å². The lowest BCUT2D eigenvalue weighted by Crippen LogP contribution is -2.49. The molecule has 0 amide bonds. The average Bonchev–Trinajstić information content (AvgIpc) is 2.38. The van der Waals surface area contributed by atoms with Crippen LogP contribution in [0.5, 0.6) is 0 Å². The van der Waals surface area contributed by atoms with E-state index < -0.39 is 0 Å². The molecule has 0 aromatic heterocycles. The lowest BCUT2D eigenvalue weighted by molar-refractivity contribution is 0.0299. The summed E-state index contributed by atoms with van der Waals surface area (Å²) in [5, 5.41) is 0. The summed E-state index contributed by atoms with van der Waals surface area (Å²) in [6, 6.07) is 7.15. The molecule has 3 atom stereocenters. The molecule has 0 aliphatic carbocycles. The van der Waals surface area contributed by atoms with Crippen molar-refractivity contribution in [3.63, 3.8) is 0 Å². The molecule has 2 rings (SSSR count). The minimum atomic E-state index is 0.168. The topological polar surface area (TPSA) is 38.5 Å². The van der Waals surface area contributed by atoms with Gasteiger partial charge in [-0.1, -0.05) is 22.9 Å². The Morgan fingerprint density at radius 1 is 1.50 bits per heavy atom. The third kappa shape index (κ3) is 3.74. The lowest BCUT2D eigenvalue weighted by atomic mass is 10.0. The van der Waals surface area contributed by atoms with E-state index in [4.69, 9.17) is 10.5 Å². The molecule has 1 aromatic carbocycles. The van der Waals surface area contributed by atoms with Crippen molar-refractivity contribution in [1.82, 2.24) is 0 Å². The number of anilines is 1. The summed E-state index contributed by atoms with van der Waals surface area (Å²) in [7, 11) is 0. The molecule has 3 unspecified atom stereocenters. The maximum atomic E-state index is 6.01. The molecule has 20 heavy (non-hydrogen) atoms. The zero-order valence-corrected chi connectivity index (χ0v) is 14.2. The summed E-state index contributed by atoms with van der Waals surface area (Å²) in [6.07, 6.45) is 2.28. The zero-order chi connectivity index (χ0) is 14.7. The molecule has 1 saturated heterocycles. The van der Waals surface area contributed by atoms with Gasteiger partial charge in [-0.3, -0.25) is 0 Å². The maximum Gasteiger partial charge on any atom is 0.0723 e. The van der Waals surface area contributed by atoms with Crippen molar-refractivity contribution in [2.24, 2.45) is 5.73 Å². The van der Waals surface area contributed by atoms with Crippen LogP contribution in [0.2, 0.25) is 0 Å². The van der Waals surface area contributed by atoms with E-state index >= 15 is 0 Å². The van der Waals surface area contributed by atoms with E-state index in [9.17, 15) is 0 Å². The predicted molar refractivity (Wildman–Crippen MR) is 88.3 cm³/mol. The first kappa shape index (κ1) is 15.8. The first-order valence-corrected chi connectivity index (χ1v) is 8.22. The van der Waals surface area contributed by atoms with Gasteiger partial charge in [-0.2, -0.15) is 0 Å². The van der Waals surface area contributed by atoms with E-state index in [2.05, 4.69) is 59.8 Å². The highest BCUT2D eigenvalue weighted by molar-refractivity contribution is 9.10. The minimum absolute atomic E-state index is 0.168. The van der Waals surface area contributed by atoms with E-state index in [1.165, 1.54) is 11.3 Å². The van der Waals surface area contributed by atoms with Crippen molar-refractivity contribution >= 4 is 21.6 Å². The summed E-state index contributed by atoms with van der Waals surface area (Å²) < 4.78 is 6.92. The highest BCUT2D eigenvalue weighted by atomic mass is 79.9. The third-order valence-corrected chi connectivity index (χ3v) is 4.33. The highest BCUT2D eigenvalue weighted by Gasteiger charge is 2.27. The summed E-state index contributed by atoms with van der Waals surface area (Å²) in [5.74, 6) is 0. The molecule has 4 heteroatoms. The van der Waals surface area contributed by atoms with Crippen LogP contribution in [-0.2, 0) is 11.2 Å². The first-order valence-electron chi connectivity index (χ1n) is 7.43. The Bertz CT molecular complexity index is 450. The van der Waals surface area contributed by atoms with Crippen LogP contribution in [0, 0.1) is 0 Å². The van der Waals surface area contributed by atoms with Gasteiger partial charge in [0.1, 0.15) is 0 Å². The Morgan fingerprint density at radius 3 is 2.90 bits per heavy atom. The second-order valence-corrected chi connectivity index (χ2v) is 6.73. The quantitative estimate of drug-likeness (QED) is 0.913. The van der Waals surface area contributed by atoms with Gasteiger partial charge in [0.15, 0.2) is 0 Å². The first-order chi connectivity index (χ1) is 9.51. The average molecular weight is 341 g/mol. The number of hydrogen-bond donors (Lipinski definition) is 1. The van der Waals surface area contributed by atoms with E-state index in [1.807, 2.05) is 0 Å². The van der Waals surface area contributed by atoms with Crippen molar-refractivity contribution in [1.29, 1.82) is 0 Å². The molecule has 0 spiro atoms. The standard InChI is InChI=1S/C16H25BrN2O/c1-4-15-10-20-12(3)9-19(15)16-6-5-14(17)8-13(16)7-11(2)18/h5-6,8,11-12,15H,4,7,9-10,18H2,1-3H3. The Labute approximate surface area is 130 Å². The molecule has 1 fully saturated rings. The number of hydrogen-bond acceptors (Lipinski definition) is 3. The molecule has 0 saturated carbocycles. The Hall–Kier alpha value is -0.580. The molecule has 0 radical (unpaired) electrons. The Morgan fingerprint density at radius 2 is 2.25 bits per heavy atom. The number of nitrogens with two attached hydrogens (primary N) is 1. The molecule has 112 valence electrons. The fourth-order valence-electron chi connectivity index (χ4n) is 2.82. The number of rotatable bonds is 4. The van der Waals surface area contributed by atoms with Gasteiger partial charge in [-0.15, -0.1) is 0 Å². The normalized spacial score (nSPS) is 24.8. The second kappa shape index (κ2) is 6.92. The fraction of sp³-hybridized carbons (Fsp3) is 0.625. The van der Waals surface area contributed by atoms with E-state index in [0.29, 0.717) is 6.04 Å². The molecule has 1 aliphatic rings. The van der Waals surface area contributed by atoms with Gasteiger partial charge >= 0.3 is 0 Å². The fourth-order valence-corrected chi connectivity index (χ4v) is 3.23. The summed E-state index contributed by atoms with van der Waals surface area (Å²) in [4.78, 5) is 2.50. The van der Waals surface area contributed by atoms with Gasteiger partial charge in [0, 0.05) is 22.7 Å². The van der Waals surface area contributed by atoms with Crippen LogP contribution in [0.3, 0.4) is 0 Å². The van der Waals surface area contributed by atoms with Gasteiger partial charge in [-0.25, -0.2) is 0 Å². The van der Waals surface area contributed by atoms with Crippen molar-refractivity contribution in [3.05, 3.63) is 28.2 Å². The number of nitrogens with zero attached hydrogens (tertiary/aromatic N) is 1. The monoisotopic (exact) mass is 340 g/mol. The van der Waals surface area contributed by atoms with Crippen LogP contribution in [0.25, 0.3) is 0 Å². The largest absolute Gasteiger partial charge is 0.375 e. The maximum absolute atomic E-state index is 6.01. The predicted octanol–water partition coefficient (Wildman–Crippen LogP) is 3.34. The van der Waals surface area contributed by atoms with Crippen LogP contribution in [0.15, 0.2) is 22.7 Å². The number of ether oxygens (including phenoxy) is 1. The van der Waals surface area contributed by atoms with Gasteiger partial charge < -0.3 is 15.4 Å². The van der Waals surface area contributed by atoms with Crippen molar-refractivity contribution < 1.29 is 4.74 Å². The third-order valence-electron chi connectivity index (χ3n) is 3.83. The van der Waals surface area contributed by atoms with Crippen LogP contribution in [-0.4, -0.2) is 31.3 Å². The molecule has 1 aromatic rings. The van der Waals surface area contributed by atoms with Crippen LogP contribution in [0.1, 0.15) is 32.8 Å². The van der Waals surface area contributed by atoms with E-state index in [0.717, 1.165) is 30.5 Å². The van der Waals surface area contributed by atoms with Gasteiger partial charge in [0.05, 0.1) is 18.8 Å². The minimum Gasteiger partial charge on any atom is -0.375 e. The highest BCUT2D eigenvalue weighted by Crippen LogP contribution is 2.30. The number of halogens is 1.